The Bertz CT molecular complexity index is 310. The second-order valence-corrected chi connectivity index (χ2v) is 3.57. The van der Waals surface area contributed by atoms with E-state index in [0.29, 0.717) is 9.13 Å². The van der Waals surface area contributed by atoms with E-state index < -0.39 is 5.97 Å². The number of aromatic carboxylic acids is 1. The highest BCUT2D eigenvalue weighted by Gasteiger charge is 2.04. The predicted molar refractivity (Wildman–Crippen MR) is 50.3 cm³/mol. The van der Waals surface area contributed by atoms with Crippen molar-refractivity contribution in [3.63, 3.8) is 0 Å². The summed E-state index contributed by atoms with van der Waals surface area (Å²) in [4.78, 5) is 10.5. The first-order valence-electron chi connectivity index (χ1n) is 3.23. The van der Waals surface area contributed by atoms with Crippen LogP contribution < -0.4 is 5.11 Å². The zero-order valence-corrected chi connectivity index (χ0v) is 8.45. The zero-order chi connectivity index (χ0) is 9.30. The van der Waals surface area contributed by atoms with Crippen molar-refractivity contribution in [1.29, 1.82) is 0 Å². The Morgan fingerprint density at radius 1 is 1.58 bits per heavy atom. The van der Waals surface area contributed by atoms with Crippen molar-refractivity contribution in [2.24, 2.45) is 0 Å². The van der Waals surface area contributed by atoms with E-state index in [0.717, 1.165) is 0 Å². The lowest BCUT2D eigenvalue weighted by Gasteiger charge is -2.12. The van der Waals surface area contributed by atoms with E-state index >= 15 is 0 Å². The van der Waals surface area contributed by atoms with E-state index in [9.17, 15) is 9.90 Å². The highest BCUT2D eigenvalue weighted by Crippen LogP contribution is 2.22. The van der Waals surface area contributed by atoms with Crippen LogP contribution in [0.2, 0.25) is 0 Å². The molecule has 1 aromatic carbocycles. The molecule has 0 heterocycles. The van der Waals surface area contributed by atoms with E-state index in [-0.39, 0.29) is 11.3 Å². The van der Waals surface area contributed by atoms with Crippen LogP contribution in [0.15, 0.2) is 12.1 Å². The van der Waals surface area contributed by atoms with Crippen LogP contribution in [0.5, 0.6) is 5.75 Å². The summed E-state index contributed by atoms with van der Waals surface area (Å²) in [6.45, 7) is 1.61. The van der Waals surface area contributed by atoms with Crippen LogP contribution in [0, 0.1) is 10.5 Å². The summed E-state index contributed by atoms with van der Waals surface area (Å²) >= 11 is 1.83. The van der Waals surface area contributed by atoms with Gasteiger partial charge in [-0.1, -0.05) is 11.3 Å². The molecule has 1 aromatic rings. The van der Waals surface area contributed by atoms with Crippen molar-refractivity contribution in [2.45, 2.75) is 6.92 Å². The van der Waals surface area contributed by atoms with Crippen LogP contribution in [-0.2, 0) is 0 Å². The molecule has 0 amide bonds. The molecular formula is C8H6IO3-. The lowest BCUT2D eigenvalue weighted by atomic mass is 10.1. The maximum Gasteiger partial charge on any atom is 0.335 e. The Morgan fingerprint density at radius 3 is 2.58 bits per heavy atom. The van der Waals surface area contributed by atoms with Crippen LogP contribution in [0.3, 0.4) is 0 Å². The van der Waals surface area contributed by atoms with Crippen LogP contribution in [-0.4, -0.2) is 11.1 Å². The third-order valence-corrected chi connectivity index (χ3v) is 2.28. The molecule has 0 unspecified atom stereocenters. The van der Waals surface area contributed by atoms with E-state index in [1.165, 1.54) is 12.1 Å². The minimum absolute atomic E-state index is 0.0967. The molecule has 0 atom stereocenters. The predicted octanol–water partition coefficient (Wildman–Crippen LogP) is 1.37. The lowest BCUT2D eigenvalue weighted by Crippen LogP contribution is -2.02. The Balaban J connectivity index is 3.31. The normalized spacial score (nSPS) is 9.83. The topological polar surface area (TPSA) is 60.4 Å². The number of benzene rings is 1. The van der Waals surface area contributed by atoms with Gasteiger partial charge >= 0.3 is 5.97 Å². The van der Waals surface area contributed by atoms with Gasteiger partial charge in [-0.2, -0.15) is 0 Å². The molecule has 0 bridgehead atoms. The molecule has 1 rings (SSSR count). The molecule has 0 saturated carbocycles. The summed E-state index contributed by atoms with van der Waals surface area (Å²) in [7, 11) is 0. The highest BCUT2D eigenvalue weighted by molar-refractivity contribution is 14.1. The molecule has 0 saturated heterocycles. The van der Waals surface area contributed by atoms with E-state index in [4.69, 9.17) is 5.11 Å². The fourth-order valence-electron chi connectivity index (χ4n) is 0.854. The number of rotatable bonds is 1. The molecule has 0 aliphatic heterocycles. The van der Waals surface area contributed by atoms with Crippen LogP contribution in [0.1, 0.15) is 15.9 Å². The van der Waals surface area contributed by atoms with Crippen LogP contribution >= 0.6 is 22.6 Å². The molecule has 0 aliphatic rings. The molecule has 0 spiro atoms. The lowest BCUT2D eigenvalue weighted by molar-refractivity contribution is -0.270. The monoisotopic (exact) mass is 277 g/mol. The molecule has 0 aromatic heterocycles. The fraction of sp³-hybridized carbons (Fsp3) is 0.125. The molecule has 1 N–H and O–H groups in total. The smallest absolute Gasteiger partial charge is 0.335 e. The van der Waals surface area contributed by atoms with Gasteiger partial charge in [0.15, 0.2) is 0 Å². The standard InChI is InChI=1S/C8H7IO3/c1-4-2-5(8(11)12)3-6(9)7(4)10/h2-3,10H,1H3,(H,11,12)/p-1. The number of carboxylic acid groups (broad SMARTS) is 1. The zero-order valence-electron chi connectivity index (χ0n) is 6.30. The number of carboxylic acids is 1. The number of hydrogen-bond donors (Lipinski definition) is 1. The minimum Gasteiger partial charge on any atom is -0.872 e. The number of aryl methyl sites for hydroxylation is 1. The van der Waals surface area contributed by atoms with Crippen molar-refractivity contribution in [3.8, 4) is 5.75 Å². The van der Waals surface area contributed by atoms with Crippen molar-refractivity contribution < 1.29 is 15.0 Å². The molecule has 64 valence electrons. The van der Waals surface area contributed by atoms with E-state index in [1.54, 1.807) is 6.92 Å². The Morgan fingerprint density at radius 2 is 2.17 bits per heavy atom. The molecule has 0 aliphatic carbocycles. The fourth-order valence-corrected chi connectivity index (χ4v) is 1.62. The molecular weight excluding hydrogens is 271 g/mol. The molecule has 3 nitrogen and oxygen atoms in total. The van der Waals surface area contributed by atoms with Gasteiger partial charge < -0.3 is 10.2 Å². The van der Waals surface area contributed by atoms with E-state index in [1.807, 2.05) is 22.6 Å². The van der Waals surface area contributed by atoms with Crippen LogP contribution in [0.4, 0.5) is 0 Å². The van der Waals surface area contributed by atoms with Gasteiger partial charge in [-0.25, -0.2) is 4.79 Å². The number of carbonyl (C=O) groups is 1. The van der Waals surface area contributed by atoms with Gasteiger partial charge in [0, 0.05) is 3.57 Å². The maximum atomic E-state index is 11.1. The first kappa shape index (κ1) is 9.31. The largest absolute Gasteiger partial charge is 0.872 e. The Hall–Kier alpha value is -0.780. The maximum absolute atomic E-state index is 11.1. The molecule has 4 heteroatoms. The molecule has 12 heavy (non-hydrogen) atoms. The van der Waals surface area contributed by atoms with Crippen molar-refractivity contribution >= 4 is 28.6 Å². The minimum atomic E-state index is -1.00. The summed E-state index contributed by atoms with van der Waals surface area (Å²) in [6.07, 6.45) is 0. The summed E-state index contributed by atoms with van der Waals surface area (Å²) in [5, 5.41) is 19.8. The highest BCUT2D eigenvalue weighted by atomic mass is 127. The molecule has 0 radical (unpaired) electrons. The average Bonchev–Trinajstić information content (AvgIpc) is 1.99. The first-order valence-corrected chi connectivity index (χ1v) is 4.30. The Kier molecular flexibility index (Phi) is 2.56. The SMILES string of the molecule is Cc1cc(C(=O)O)cc(I)c1[O-]. The van der Waals surface area contributed by atoms with Crippen molar-refractivity contribution in [3.05, 3.63) is 26.8 Å². The number of halogens is 1. The Labute approximate surface area is 83.2 Å². The van der Waals surface area contributed by atoms with Gasteiger partial charge in [-0.05, 0) is 41.6 Å². The third kappa shape index (κ3) is 1.69. The van der Waals surface area contributed by atoms with Crippen molar-refractivity contribution in [1.82, 2.24) is 0 Å². The average molecular weight is 277 g/mol. The van der Waals surface area contributed by atoms with Gasteiger partial charge in [0.05, 0.1) is 5.56 Å². The van der Waals surface area contributed by atoms with Crippen molar-refractivity contribution in [2.75, 3.05) is 0 Å². The second-order valence-electron chi connectivity index (χ2n) is 2.41. The molecule has 0 fully saturated rings. The third-order valence-electron chi connectivity index (χ3n) is 1.48. The second kappa shape index (κ2) is 3.30. The van der Waals surface area contributed by atoms with Gasteiger partial charge in [0.2, 0.25) is 0 Å². The summed E-state index contributed by atoms with van der Waals surface area (Å²) in [6, 6.07) is 2.76. The summed E-state index contributed by atoms with van der Waals surface area (Å²) in [5.74, 6) is -1.10. The van der Waals surface area contributed by atoms with Crippen LogP contribution in [0.25, 0.3) is 0 Å². The number of hydrogen-bond acceptors (Lipinski definition) is 2. The van der Waals surface area contributed by atoms with E-state index in [2.05, 4.69) is 0 Å². The van der Waals surface area contributed by atoms with Gasteiger partial charge in [0.25, 0.3) is 0 Å². The van der Waals surface area contributed by atoms with Gasteiger partial charge in [0.1, 0.15) is 0 Å². The first-order chi connectivity index (χ1) is 5.52. The van der Waals surface area contributed by atoms with Gasteiger partial charge in [-0.15, -0.1) is 0 Å². The summed E-state index contributed by atoms with van der Waals surface area (Å²) in [5.41, 5.74) is 0.635. The quantitative estimate of drug-likeness (QED) is 0.789. The van der Waals surface area contributed by atoms with Gasteiger partial charge in [-0.3, -0.25) is 0 Å². The summed E-state index contributed by atoms with van der Waals surface area (Å²) < 4.78 is 0.449.